The van der Waals surface area contributed by atoms with Crippen LogP contribution in [0.1, 0.15) is 41.0 Å². The highest BCUT2D eigenvalue weighted by atomic mass is 15.5. The van der Waals surface area contributed by atoms with Crippen LogP contribution in [-0.2, 0) is 0 Å². The van der Waals surface area contributed by atoms with E-state index in [1.54, 1.807) is 0 Å². The summed E-state index contributed by atoms with van der Waals surface area (Å²) in [5, 5.41) is 2.30. The Morgan fingerprint density at radius 1 is 1.09 bits per heavy atom. The first-order chi connectivity index (χ1) is 5.09. The van der Waals surface area contributed by atoms with E-state index in [2.05, 4.69) is 45.1 Å². The van der Waals surface area contributed by atoms with Crippen molar-refractivity contribution >= 4 is 0 Å². The molecule has 0 atom stereocenters. The van der Waals surface area contributed by atoms with E-state index in [9.17, 15) is 0 Å². The van der Waals surface area contributed by atoms with Crippen molar-refractivity contribution in [3.63, 3.8) is 0 Å². The quantitative estimate of drug-likeness (QED) is 0.477. The maximum absolute atomic E-state index is 3.40. The van der Waals surface area contributed by atoms with Gasteiger partial charge in [-0.3, -0.25) is 0 Å². The molecule has 0 heterocycles. The minimum Gasteiger partial charge on any atom is -0.118 e. The molecule has 0 aliphatic heterocycles. The van der Waals surface area contributed by atoms with Crippen molar-refractivity contribution in [3.8, 4) is 0 Å². The van der Waals surface area contributed by atoms with Gasteiger partial charge in [0.2, 0.25) is 0 Å². The first kappa shape index (κ1) is 10.9. The summed E-state index contributed by atoms with van der Waals surface area (Å²) in [7, 11) is 0. The third-order valence-electron chi connectivity index (χ3n) is 1.66. The molecule has 0 fully saturated rings. The molecular formula is C9H22N2+. The van der Waals surface area contributed by atoms with Gasteiger partial charge in [-0.1, -0.05) is 11.9 Å². The average molecular weight is 158 g/mol. The van der Waals surface area contributed by atoms with Crippen LogP contribution in [0, 0.1) is 0 Å². The molecule has 11 heavy (non-hydrogen) atoms. The molecule has 0 unspecified atom stereocenters. The molecule has 2 nitrogen and oxygen atoms in total. The first-order valence-electron chi connectivity index (χ1n) is 4.61. The van der Waals surface area contributed by atoms with Gasteiger partial charge in [0.25, 0.3) is 0 Å². The standard InChI is InChI=1S/C9H22N2/c1-6-7-10-11(8(2)3)9(4)5/h8-10H,6-7H2,1-5H3/q+1. The number of nitrogens with one attached hydrogen (secondary N) is 1. The van der Waals surface area contributed by atoms with Crippen LogP contribution >= 0.6 is 0 Å². The summed E-state index contributed by atoms with van der Waals surface area (Å²) in [6.45, 7) is 12.1. The van der Waals surface area contributed by atoms with E-state index in [1.807, 2.05) is 0 Å². The van der Waals surface area contributed by atoms with E-state index in [0.29, 0.717) is 12.1 Å². The fraction of sp³-hybridized carbons (Fsp3) is 1.00. The molecule has 0 aromatic rings. The van der Waals surface area contributed by atoms with Gasteiger partial charge in [0.1, 0.15) is 12.1 Å². The third kappa shape index (κ3) is 4.38. The smallest absolute Gasteiger partial charge is 0.118 e. The summed E-state index contributed by atoms with van der Waals surface area (Å²) < 4.78 is 0. The second-order valence-corrected chi connectivity index (χ2v) is 3.50. The lowest BCUT2D eigenvalue weighted by molar-refractivity contribution is 0.222. The van der Waals surface area contributed by atoms with Crippen LogP contribution in [0.5, 0.6) is 0 Å². The summed E-state index contributed by atoms with van der Waals surface area (Å²) in [6, 6.07) is 1.17. The Hall–Kier alpha value is -0.0800. The van der Waals surface area contributed by atoms with Crippen LogP contribution in [0.2, 0.25) is 0 Å². The first-order valence-corrected chi connectivity index (χ1v) is 4.61. The minimum absolute atomic E-state index is 0.585. The van der Waals surface area contributed by atoms with E-state index in [-0.39, 0.29) is 0 Å². The Morgan fingerprint density at radius 2 is 1.55 bits per heavy atom. The van der Waals surface area contributed by atoms with Gasteiger partial charge in [0.15, 0.2) is 0 Å². The Kier molecular flexibility index (Phi) is 5.51. The average Bonchev–Trinajstić information content (AvgIpc) is 1.87. The SMILES string of the molecule is CCCN[N+](C(C)C)C(C)C. The van der Waals surface area contributed by atoms with Crippen molar-refractivity contribution in [2.24, 2.45) is 0 Å². The predicted octanol–water partition coefficient (Wildman–Crippen LogP) is 1.86. The second kappa shape index (κ2) is 5.56. The summed E-state index contributed by atoms with van der Waals surface area (Å²) in [6.07, 6.45) is 1.19. The monoisotopic (exact) mass is 158 g/mol. The van der Waals surface area contributed by atoms with Gasteiger partial charge in [0, 0.05) is 6.54 Å². The van der Waals surface area contributed by atoms with Gasteiger partial charge < -0.3 is 0 Å². The van der Waals surface area contributed by atoms with E-state index in [0.717, 1.165) is 6.54 Å². The number of hydrogen-bond donors (Lipinski definition) is 1. The van der Waals surface area contributed by atoms with Crippen molar-refractivity contribution in [3.05, 3.63) is 0 Å². The highest BCUT2D eigenvalue weighted by Gasteiger charge is 2.22. The highest BCUT2D eigenvalue weighted by Crippen LogP contribution is 1.96. The van der Waals surface area contributed by atoms with Crippen molar-refractivity contribution in [1.82, 2.24) is 10.4 Å². The minimum atomic E-state index is 0.585. The van der Waals surface area contributed by atoms with Gasteiger partial charge in [-0.15, -0.1) is 5.43 Å². The highest BCUT2D eigenvalue weighted by molar-refractivity contribution is 4.68. The number of hydrogen-bond acceptors (Lipinski definition) is 2. The molecule has 0 aromatic carbocycles. The lowest BCUT2D eigenvalue weighted by Crippen LogP contribution is -2.53. The molecule has 0 amide bonds. The molecule has 0 rings (SSSR count). The van der Waals surface area contributed by atoms with Crippen LogP contribution in [0.4, 0.5) is 0 Å². The Bertz CT molecular complexity index is 81.6. The molecule has 67 valence electrons. The van der Waals surface area contributed by atoms with Gasteiger partial charge >= 0.3 is 0 Å². The molecule has 0 bridgehead atoms. The Morgan fingerprint density at radius 3 is 1.82 bits per heavy atom. The summed E-state index contributed by atoms with van der Waals surface area (Å²) in [5.74, 6) is 0. The van der Waals surface area contributed by atoms with E-state index in [4.69, 9.17) is 0 Å². The summed E-state index contributed by atoms with van der Waals surface area (Å²) in [4.78, 5) is 0. The Balaban J connectivity index is 3.70. The van der Waals surface area contributed by atoms with Crippen molar-refractivity contribution < 1.29 is 0 Å². The second-order valence-electron chi connectivity index (χ2n) is 3.50. The van der Waals surface area contributed by atoms with Gasteiger partial charge in [-0.05, 0) is 34.1 Å². The lowest BCUT2D eigenvalue weighted by Gasteiger charge is -2.18. The zero-order valence-electron chi connectivity index (χ0n) is 8.52. The zero-order chi connectivity index (χ0) is 8.85. The normalized spacial score (nSPS) is 12.0. The van der Waals surface area contributed by atoms with Gasteiger partial charge in [-0.2, -0.15) is 0 Å². The topological polar surface area (TPSA) is 17.9 Å². The summed E-state index contributed by atoms with van der Waals surface area (Å²) >= 11 is 0. The molecule has 0 aliphatic carbocycles. The van der Waals surface area contributed by atoms with E-state index < -0.39 is 0 Å². The van der Waals surface area contributed by atoms with Crippen molar-refractivity contribution in [2.45, 2.75) is 53.1 Å². The fourth-order valence-corrected chi connectivity index (χ4v) is 1.20. The molecular weight excluding hydrogens is 136 g/mol. The maximum atomic E-state index is 3.40. The third-order valence-corrected chi connectivity index (χ3v) is 1.66. The number of rotatable bonds is 5. The van der Waals surface area contributed by atoms with E-state index in [1.165, 1.54) is 6.42 Å². The molecule has 1 radical (unpaired) electrons. The van der Waals surface area contributed by atoms with Crippen molar-refractivity contribution in [2.75, 3.05) is 6.54 Å². The molecule has 0 saturated carbocycles. The van der Waals surface area contributed by atoms with Crippen LogP contribution in [0.25, 0.3) is 0 Å². The fourth-order valence-electron chi connectivity index (χ4n) is 1.20. The predicted molar refractivity (Wildman–Crippen MR) is 50.7 cm³/mol. The van der Waals surface area contributed by atoms with E-state index >= 15 is 0 Å². The van der Waals surface area contributed by atoms with Crippen LogP contribution in [-0.4, -0.2) is 18.6 Å². The molecule has 0 aliphatic rings. The zero-order valence-corrected chi connectivity index (χ0v) is 8.52. The van der Waals surface area contributed by atoms with Gasteiger partial charge in [0.05, 0.1) is 0 Å². The van der Waals surface area contributed by atoms with Crippen LogP contribution in [0.15, 0.2) is 0 Å². The van der Waals surface area contributed by atoms with Crippen LogP contribution in [0.3, 0.4) is 0 Å². The molecule has 1 N–H and O–H groups in total. The molecule has 0 aromatic heterocycles. The summed E-state index contributed by atoms with van der Waals surface area (Å²) in [5.41, 5.74) is 3.40. The lowest BCUT2D eigenvalue weighted by atomic mass is 10.3. The molecule has 2 heteroatoms. The maximum Gasteiger partial charge on any atom is 0.149 e. The largest absolute Gasteiger partial charge is 0.149 e. The van der Waals surface area contributed by atoms with Gasteiger partial charge in [-0.25, -0.2) is 0 Å². The number of hydrazine groups is 1. The van der Waals surface area contributed by atoms with Crippen LogP contribution < -0.4 is 10.4 Å². The molecule has 0 saturated heterocycles. The van der Waals surface area contributed by atoms with Crippen molar-refractivity contribution in [1.29, 1.82) is 0 Å². The number of nitrogens with zero attached hydrogens (tertiary/aromatic N) is 1. The molecule has 0 spiro atoms. The Labute approximate surface area is 70.9 Å².